The summed E-state index contributed by atoms with van der Waals surface area (Å²) in [5.41, 5.74) is 3.30. The Bertz CT molecular complexity index is 997. The first-order chi connectivity index (χ1) is 13.8. The Morgan fingerprint density at radius 2 is 1.97 bits per heavy atom. The molecule has 5 rings (SSSR count). The van der Waals surface area contributed by atoms with Crippen LogP contribution >= 0.6 is 0 Å². The Balaban J connectivity index is 1.50. The van der Waals surface area contributed by atoms with Crippen LogP contribution in [0, 0.1) is 6.92 Å². The van der Waals surface area contributed by atoms with Gasteiger partial charge in [0, 0.05) is 55.6 Å². The van der Waals surface area contributed by atoms with Gasteiger partial charge in [-0.25, -0.2) is 9.97 Å². The van der Waals surface area contributed by atoms with E-state index in [0.29, 0.717) is 5.82 Å². The van der Waals surface area contributed by atoms with Crippen LogP contribution in [0.1, 0.15) is 37.9 Å². The fraction of sp³-hybridized carbons (Fsp3) is 0.524. The molecule has 152 valence electrons. The predicted octanol–water partition coefficient (Wildman–Crippen LogP) is 2.55. The van der Waals surface area contributed by atoms with E-state index in [1.807, 2.05) is 25.3 Å². The molecule has 2 aromatic heterocycles. The average molecular weight is 394 g/mol. The Kier molecular flexibility index (Phi) is 3.87. The first-order valence-corrected chi connectivity index (χ1v) is 10.0. The Morgan fingerprint density at radius 3 is 2.62 bits per heavy atom. The van der Waals surface area contributed by atoms with E-state index in [1.54, 1.807) is 7.11 Å². The van der Waals surface area contributed by atoms with Crippen LogP contribution in [0.25, 0.3) is 0 Å². The lowest BCUT2D eigenvalue weighted by atomic mass is 9.97. The van der Waals surface area contributed by atoms with E-state index >= 15 is 0 Å². The molecule has 3 aliphatic rings. The second-order valence-corrected chi connectivity index (χ2v) is 8.81. The fourth-order valence-corrected chi connectivity index (χ4v) is 4.43. The van der Waals surface area contributed by atoms with E-state index in [1.165, 1.54) is 12.5 Å². The van der Waals surface area contributed by atoms with Gasteiger partial charge in [0.15, 0.2) is 0 Å². The zero-order chi connectivity index (χ0) is 20.4. The van der Waals surface area contributed by atoms with Gasteiger partial charge < -0.3 is 19.9 Å². The number of aromatic nitrogens is 3. The molecule has 0 radical (unpaired) electrons. The molecule has 1 aliphatic carbocycles. The highest BCUT2D eigenvalue weighted by Gasteiger charge is 2.52. The highest BCUT2D eigenvalue weighted by Crippen LogP contribution is 2.58. The van der Waals surface area contributed by atoms with Crippen LogP contribution in [0.15, 0.2) is 18.3 Å². The molecule has 1 saturated carbocycles. The largest absolute Gasteiger partial charge is 0.375 e. The van der Waals surface area contributed by atoms with Crippen molar-refractivity contribution in [3.05, 3.63) is 29.6 Å². The SMILES string of the molecule is COC1(C)CN(c2nc(C)cc(N3CC4(CC4)c4cnc(NC(C)=O)cc43)n2)C1. The van der Waals surface area contributed by atoms with Gasteiger partial charge in [0.2, 0.25) is 11.9 Å². The van der Waals surface area contributed by atoms with Gasteiger partial charge in [0.05, 0.1) is 18.8 Å². The number of amides is 1. The molecule has 1 amide bonds. The van der Waals surface area contributed by atoms with Crippen molar-refractivity contribution in [3.8, 4) is 0 Å². The van der Waals surface area contributed by atoms with E-state index < -0.39 is 0 Å². The number of fused-ring (bicyclic) bond motifs is 2. The summed E-state index contributed by atoms with van der Waals surface area (Å²) in [6, 6.07) is 4.00. The van der Waals surface area contributed by atoms with Crippen molar-refractivity contribution >= 4 is 29.2 Å². The number of nitrogens with one attached hydrogen (secondary N) is 1. The first-order valence-electron chi connectivity index (χ1n) is 10.0. The summed E-state index contributed by atoms with van der Waals surface area (Å²) in [5, 5.41) is 2.80. The minimum Gasteiger partial charge on any atom is -0.375 e. The van der Waals surface area contributed by atoms with Crippen LogP contribution in [0.5, 0.6) is 0 Å². The van der Waals surface area contributed by atoms with Gasteiger partial charge >= 0.3 is 0 Å². The molecular weight excluding hydrogens is 368 g/mol. The topological polar surface area (TPSA) is 83.5 Å². The van der Waals surface area contributed by atoms with E-state index in [2.05, 4.69) is 32.0 Å². The minimum atomic E-state index is -0.134. The third-order valence-electron chi connectivity index (χ3n) is 6.29. The number of ether oxygens (including phenoxy) is 1. The van der Waals surface area contributed by atoms with E-state index in [9.17, 15) is 4.79 Å². The predicted molar refractivity (Wildman–Crippen MR) is 111 cm³/mol. The van der Waals surface area contributed by atoms with E-state index in [-0.39, 0.29) is 16.9 Å². The zero-order valence-corrected chi connectivity index (χ0v) is 17.3. The quantitative estimate of drug-likeness (QED) is 0.853. The lowest BCUT2D eigenvalue weighted by molar-refractivity contribution is -0.114. The summed E-state index contributed by atoms with van der Waals surface area (Å²) >= 11 is 0. The van der Waals surface area contributed by atoms with Crippen LogP contribution in [-0.4, -0.2) is 53.2 Å². The molecule has 0 bridgehead atoms. The lowest BCUT2D eigenvalue weighted by Gasteiger charge is -2.46. The number of anilines is 4. The van der Waals surface area contributed by atoms with Gasteiger partial charge in [-0.05, 0) is 26.7 Å². The highest BCUT2D eigenvalue weighted by atomic mass is 16.5. The van der Waals surface area contributed by atoms with Gasteiger partial charge in [-0.3, -0.25) is 4.79 Å². The van der Waals surface area contributed by atoms with Crippen molar-refractivity contribution < 1.29 is 9.53 Å². The zero-order valence-electron chi connectivity index (χ0n) is 17.3. The standard InChI is InChI=1S/C21H26N6O2/c1-13-7-18(25-19(23-13)26-10-20(3,11-26)29-4)27-12-21(5-6-21)15-9-22-17(8-16(15)27)24-14(2)28/h7-9H,5-6,10-12H2,1-4H3,(H,22,24,28). The van der Waals surface area contributed by atoms with Gasteiger partial charge in [-0.1, -0.05) is 0 Å². The van der Waals surface area contributed by atoms with Crippen molar-refractivity contribution in [2.24, 2.45) is 0 Å². The van der Waals surface area contributed by atoms with Crippen LogP contribution in [-0.2, 0) is 14.9 Å². The second-order valence-electron chi connectivity index (χ2n) is 8.81. The highest BCUT2D eigenvalue weighted by molar-refractivity contribution is 5.89. The van der Waals surface area contributed by atoms with Crippen LogP contribution in [0.3, 0.4) is 0 Å². The average Bonchev–Trinajstić information content (AvgIpc) is 3.35. The van der Waals surface area contributed by atoms with Crippen LogP contribution < -0.4 is 15.1 Å². The summed E-state index contributed by atoms with van der Waals surface area (Å²) in [7, 11) is 1.75. The molecule has 2 aromatic rings. The number of hydrogen-bond acceptors (Lipinski definition) is 7. The second kappa shape index (κ2) is 6.13. The third kappa shape index (κ3) is 3.02. The maximum atomic E-state index is 11.5. The molecule has 2 aliphatic heterocycles. The molecule has 0 unspecified atom stereocenters. The monoisotopic (exact) mass is 394 g/mol. The van der Waals surface area contributed by atoms with Crippen LogP contribution in [0.2, 0.25) is 0 Å². The minimum absolute atomic E-state index is 0.123. The van der Waals surface area contributed by atoms with Crippen molar-refractivity contribution in [1.29, 1.82) is 0 Å². The number of methoxy groups -OCH3 is 1. The smallest absolute Gasteiger partial charge is 0.227 e. The lowest BCUT2D eigenvalue weighted by Crippen LogP contribution is -2.61. The van der Waals surface area contributed by atoms with Gasteiger partial charge in [-0.15, -0.1) is 0 Å². The molecule has 1 saturated heterocycles. The number of rotatable bonds is 4. The van der Waals surface area contributed by atoms with Crippen LogP contribution in [0.4, 0.5) is 23.3 Å². The first kappa shape index (κ1) is 18.3. The van der Waals surface area contributed by atoms with Gasteiger partial charge in [-0.2, -0.15) is 4.98 Å². The van der Waals surface area contributed by atoms with Crippen molar-refractivity contribution in [1.82, 2.24) is 15.0 Å². The number of pyridine rings is 1. The Hall–Kier alpha value is -2.74. The summed E-state index contributed by atoms with van der Waals surface area (Å²) < 4.78 is 5.56. The van der Waals surface area contributed by atoms with Gasteiger partial charge in [0.25, 0.3) is 0 Å². The van der Waals surface area contributed by atoms with E-state index in [4.69, 9.17) is 9.72 Å². The van der Waals surface area contributed by atoms with Crippen molar-refractivity contribution in [2.75, 3.05) is 41.9 Å². The number of carbonyl (C=O) groups excluding carboxylic acids is 1. The fourth-order valence-electron chi connectivity index (χ4n) is 4.43. The Morgan fingerprint density at radius 1 is 1.21 bits per heavy atom. The number of nitrogens with zero attached hydrogens (tertiary/aromatic N) is 5. The molecule has 29 heavy (non-hydrogen) atoms. The summed E-state index contributed by atoms with van der Waals surface area (Å²) in [4.78, 5) is 29.9. The molecule has 0 aromatic carbocycles. The Labute approximate surface area is 170 Å². The molecule has 4 heterocycles. The summed E-state index contributed by atoms with van der Waals surface area (Å²) in [6.45, 7) is 8.05. The molecule has 0 atom stereocenters. The molecule has 8 nitrogen and oxygen atoms in total. The summed E-state index contributed by atoms with van der Waals surface area (Å²) in [6.07, 6.45) is 4.24. The molecule has 1 spiro atoms. The molecular formula is C21H26N6O2. The number of hydrogen-bond donors (Lipinski definition) is 1. The molecule has 2 fully saturated rings. The van der Waals surface area contributed by atoms with E-state index in [0.717, 1.165) is 55.6 Å². The van der Waals surface area contributed by atoms with Crippen molar-refractivity contribution in [3.63, 3.8) is 0 Å². The molecule has 1 N–H and O–H groups in total. The maximum Gasteiger partial charge on any atom is 0.227 e. The van der Waals surface area contributed by atoms with Crippen molar-refractivity contribution in [2.45, 2.75) is 44.6 Å². The van der Waals surface area contributed by atoms with Gasteiger partial charge in [0.1, 0.15) is 17.2 Å². The normalized spacial score (nSPS) is 20.4. The number of carbonyl (C=O) groups is 1. The maximum absolute atomic E-state index is 11.5. The third-order valence-corrected chi connectivity index (χ3v) is 6.29. The summed E-state index contributed by atoms with van der Waals surface area (Å²) in [5.74, 6) is 2.08. The number of aryl methyl sites for hydroxylation is 1. The molecule has 8 heteroatoms.